The number of ether oxygens (including phenoxy) is 1. The number of hydrogen-bond donors (Lipinski definition) is 1. The molecule has 0 unspecified atom stereocenters. The molecule has 1 amide bonds. The molecule has 7 nitrogen and oxygen atoms in total. The van der Waals surface area contributed by atoms with Gasteiger partial charge in [0.05, 0.1) is 10.5 Å². The van der Waals surface area contributed by atoms with E-state index < -0.39 is 23.4 Å². The maximum Gasteiger partial charge on any atom is 0.338 e. The number of amides is 1. The number of nitrogens with one attached hydrogen (secondary N) is 1. The van der Waals surface area contributed by atoms with E-state index in [4.69, 9.17) is 4.74 Å². The summed E-state index contributed by atoms with van der Waals surface area (Å²) < 4.78 is 4.92. The van der Waals surface area contributed by atoms with Crippen molar-refractivity contribution < 1.29 is 19.2 Å². The Hall–Kier alpha value is -3.22. The summed E-state index contributed by atoms with van der Waals surface area (Å²) in [6, 6.07) is 9.47. The molecule has 0 radical (unpaired) electrons. The Kier molecular flexibility index (Phi) is 5.49. The molecule has 130 valence electrons. The van der Waals surface area contributed by atoms with E-state index in [-0.39, 0.29) is 11.3 Å². The third kappa shape index (κ3) is 4.63. The van der Waals surface area contributed by atoms with Gasteiger partial charge >= 0.3 is 5.97 Å². The molecule has 0 fully saturated rings. The standard InChI is InChI=1S/C18H18N2O5/c1-11-5-7-15(8-13(11)3)19-17(21)10-25-18(22)14-6-4-12(2)16(9-14)20(23)24/h4-9H,10H2,1-3H3,(H,19,21). The van der Waals surface area contributed by atoms with Gasteiger partial charge in [0.2, 0.25) is 0 Å². The molecular formula is C18H18N2O5. The van der Waals surface area contributed by atoms with Gasteiger partial charge in [0.25, 0.3) is 11.6 Å². The number of carbonyl (C=O) groups is 2. The van der Waals surface area contributed by atoms with Crippen LogP contribution in [0.4, 0.5) is 11.4 Å². The van der Waals surface area contributed by atoms with Crippen molar-refractivity contribution in [1.29, 1.82) is 0 Å². The van der Waals surface area contributed by atoms with Crippen molar-refractivity contribution in [2.45, 2.75) is 20.8 Å². The molecule has 0 aromatic heterocycles. The maximum absolute atomic E-state index is 12.0. The van der Waals surface area contributed by atoms with Gasteiger partial charge in [0.1, 0.15) is 0 Å². The largest absolute Gasteiger partial charge is 0.452 e. The summed E-state index contributed by atoms with van der Waals surface area (Å²) in [6.45, 7) is 4.98. The molecule has 0 saturated heterocycles. The lowest BCUT2D eigenvalue weighted by molar-refractivity contribution is -0.385. The lowest BCUT2D eigenvalue weighted by Gasteiger charge is -2.08. The van der Waals surface area contributed by atoms with E-state index in [1.54, 1.807) is 13.0 Å². The molecule has 7 heteroatoms. The van der Waals surface area contributed by atoms with E-state index in [2.05, 4.69) is 5.32 Å². The van der Waals surface area contributed by atoms with E-state index in [0.717, 1.165) is 17.2 Å². The summed E-state index contributed by atoms with van der Waals surface area (Å²) in [7, 11) is 0. The van der Waals surface area contributed by atoms with Crippen LogP contribution in [0.3, 0.4) is 0 Å². The van der Waals surface area contributed by atoms with E-state index in [9.17, 15) is 19.7 Å². The average molecular weight is 342 g/mol. The molecule has 0 bridgehead atoms. The van der Waals surface area contributed by atoms with Crippen molar-refractivity contribution >= 4 is 23.3 Å². The predicted molar refractivity (Wildman–Crippen MR) is 92.7 cm³/mol. The smallest absolute Gasteiger partial charge is 0.338 e. The minimum Gasteiger partial charge on any atom is -0.452 e. The highest BCUT2D eigenvalue weighted by atomic mass is 16.6. The summed E-state index contributed by atoms with van der Waals surface area (Å²) in [6.07, 6.45) is 0. The van der Waals surface area contributed by atoms with Gasteiger partial charge in [0, 0.05) is 17.3 Å². The first kappa shape index (κ1) is 18.1. The molecule has 25 heavy (non-hydrogen) atoms. The van der Waals surface area contributed by atoms with Crippen LogP contribution in [0.2, 0.25) is 0 Å². The Labute approximate surface area is 144 Å². The molecule has 0 heterocycles. The summed E-state index contributed by atoms with van der Waals surface area (Å²) >= 11 is 0. The molecular weight excluding hydrogens is 324 g/mol. The number of anilines is 1. The van der Waals surface area contributed by atoms with Crippen molar-refractivity contribution in [2.24, 2.45) is 0 Å². The normalized spacial score (nSPS) is 10.2. The minimum absolute atomic E-state index is 0.0243. The number of aryl methyl sites for hydroxylation is 3. The number of carbonyl (C=O) groups excluding carboxylic acids is 2. The van der Waals surface area contributed by atoms with E-state index in [1.165, 1.54) is 12.1 Å². The van der Waals surface area contributed by atoms with Gasteiger partial charge in [-0.25, -0.2) is 4.79 Å². The highest BCUT2D eigenvalue weighted by molar-refractivity contribution is 5.95. The SMILES string of the molecule is Cc1ccc(NC(=O)COC(=O)c2ccc(C)c([N+](=O)[O-])c2)cc1C. The monoisotopic (exact) mass is 342 g/mol. The average Bonchev–Trinajstić information content (AvgIpc) is 2.56. The summed E-state index contributed by atoms with van der Waals surface area (Å²) in [4.78, 5) is 34.2. The van der Waals surface area contributed by atoms with Gasteiger partial charge in [-0.1, -0.05) is 12.1 Å². The Morgan fingerprint density at radius 1 is 1.04 bits per heavy atom. The topological polar surface area (TPSA) is 98.5 Å². The molecule has 0 saturated carbocycles. The van der Waals surface area contributed by atoms with Crippen molar-refractivity contribution in [2.75, 3.05) is 11.9 Å². The van der Waals surface area contributed by atoms with Crippen LogP contribution < -0.4 is 5.32 Å². The number of rotatable bonds is 5. The highest BCUT2D eigenvalue weighted by Gasteiger charge is 2.17. The Balaban J connectivity index is 1.97. The molecule has 1 N–H and O–H groups in total. The van der Waals surface area contributed by atoms with Gasteiger partial charge in [-0.2, -0.15) is 0 Å². The fraction of sp³-hybridized carbons (Fsp3) is 0.222. The number of benzene rings is 2. The number of nitro groups is 1. The number of nitrogens with zero attached hydrogens (tertiary/aromatic N) is 1. The maximum atomic E-state index is 12.0. The Morgan fingerprint density at radius 3 is 2.36 bits per heavy atom. The molecule has 0 aliphatic heterocycles. The van der Waals surface area contributed by atoms with Crippen LogP contribution in [-0.4, -0.2) is 23.4 Å². The molecule has 2 aromatic rings. The minimum atomic E-state index is -0.793. The van der Waals surface area contributed by atoms with Crippen molar-refractivity contribution in [3.05, 3.63) is 68.8 Å². The second-order valence-electron chi connectivity index (χ2n) is 5.68. The van der Waals surface area contributed by atoms with Crippen LogP contribution >= 0.6 is 0 Å². The lowest BCUT2D eigenvalue weighted by atomic mass is 10.1. The third-order valence-corrected chi connectivity index (χ3v) is 3.77. The number of esters is 1. The fourth-order valence-electron chi connectivity index (χ4n) is 2.16. The van der Waals surface area contributed by atoms with Crippen molar-refractivity contribution in [1.82, 2.24) is 0 Å². The van der Waals surface area contributed by atoms with Crippen molar-refractivity contribution in [3.63, 3.8) is 0 Å². The zero-order chi connectivity index (χ0) is 18.6. The molecule has 2 aromatic carbocycles. The molecule has 2 rings (SSSR count). The Morgan fingerprint density at radius 2 is 1.72 bits per heavy atom. The molecule has 0 aliphatic carbocycles. The number of hydrogen-bond acceptors (Lipinski definition) is 5. The van der Waals surface area contributed by atoms with Crippen LogP contribution in [-0.2, 0) is 9.53 Å². The fourth-order valence-corrected chi connectivity index (χ4v) is 2.16. The van der Waals surface area contributed by atoms with E-state index in [0.29, 0.717) is 11.3 Å². The Bertz CT molecular complexity index is 845. The third-order valence-electron chi connectivity index (χ3n) is 3.77. The van der Waals surface area contributed by atoms with E-state index in [1.807, 2.05) is 26.0 Å². The quantitative estimate of drug-likeness (QED) is 0.510. The molecule has 0 atom stereocenters. The lowest BCUT2D eigenvalue weighted by Crippen LogP contribution is -2.21. The first-order chi connectivity index (χ1) is 11.8. The first-order valence-corrected chi connectivity index (χ1v) is 7.57. The van der Waals surface area contributed by atoms with Gasteiger partial charge in [-0.3, -0.25) is 14.9 Å². The van der Waals surface area contributed by atoms with Crippen LogP contribution in [0.25, 0.3) is 0 Å². The zero-order valence-corrected chi connectivity index (χ0v) is 14.2. The zero-order valence-electron chi connectivity index (χ0n) is 14.2. The number of nitro benzene ring substituents is 1. The van der Waals surface area contributed by atoms with Crippen LogP contribution in [0.5, 0.6) is 0 Å². The highest BCUT2D eigenvalue weighted by Crippen LogP contribution is 2.20. The van der Waals surface area contributed by atoms with Gasteiger partial charge in [-0.05, 0) is 50.1 Å². The van der Waals surface area contributed by atoms with Gasteiger partial charge < -0.3 is 10.1 Å². The van der Waals surface area contributed by atoms with Crippen LogP contribution in [0.1, 0.15) is 27.0 Å². The second kappa shape index (κ2) is 7.57. The van der Waals surface area contributed by atoms with Crippen LogP contribution in [0, 0.1) is 30.9 Å². The molecule has 0 aliphatic rings. The summed E-state index contributed by atoms with van der Waals surface area (Å²) in [5, 5.41) is 13.5. The summed E-state index contributed by atoms with van der Waals surface area (Å²) in [5.74, 6) is -1.28. The van der Waals surface area contributed by atoms with Gasteiger partial charge in [0.15, 0.2) is 6.61 Å². The van der Waals surface area contributed by atoms with E-state index >= 15 is 0 Å². The predicted octanol–water partition coefficient (Wildman–Crippen LogP) is 3.32. The first-order valence-electron chi connectivity index (χ1n) is 7.57. The van der Waals surface area contributed by atoms with Crippen molar-refractivity contribution in [3.8, 4) is 0 Å². The van der Waals surface area contributed by atoms with Crippen LogP contribution in [0.15, 0.2) is 36.4 Å². The molecule has 0 spiro atoms. The second-order valence-corrected chi connectivity index (χ2v) is 5.68. The van der Waals surface area contributed by atoms with Gasteiger partial charge in [-0.15, -0.1) is 0 Å². The summed E-state index contributed by atoms with van der Waals surface area (Å²) in [5.41, 5.74) is 3.03.